The molecule has 1 aliphatic carbocycles. The number of aryl methyl sites for hydroxylation is 3. The maximum absolute atomic E-state index is 6.12. The molecule has 2 aromatic rings. The number of benzene rings is 1. The molecule has 16 heavy (non-hydrogen) atoms. The van der Waals surface area contributed by atoms with Crippen molar-refractivity contribution < 1.29 is 0 Å². The van der Waals surface area contributed by atoms with E-state index < -0.39 is 0 Å². The summed E-state index contributed by atoms with van der Waals surface area (Å²) in [5.41, 5.74) is 5.06. The van der Waals surface area contributed by atoms with Crippen molar-refractivity contribution in [2.75, 3.05) is 0 Å². The second kappa shape index (κ2) is 3.74. The molecule has 0 amide bonds. The number of aromatic nitrogens is 1. The molecule has 0 aliphatic heterocycles. The minimum atomic E-state index is 0.645. The highest BCUT2D eigenvalue weighted by molar-refractivity contribution is 6.30. The van der Waals surface area contributed by atoms with Gasteiger partial charge in [-0.25, -0.2) is 4.98 Å². The molecule has 1 aromatic heterocycles. The largest absolute Gasteiger partial charge is 0.236 e. The number of pyridine rings is 1. The maximum Gasteiger partial charge on any atom is 0.132 e. The molecular formula is C14H14ClN. The first kappa shape index (κ1) is 10.1. The van der Waals surface area contributed by atoms with Crippen LogP contribution in [0, 0.1) is 6.92 Å². The molecule has 0 saturated heterocycles. The van der Waals surface area contributed by atoms with Gasteiger partial charge in [0.05, 0.1) is 5.52 Å². The molecule has 0 fully saturated rings. The molecule has 1 heterocycles. The first-order chi connectivity index (χ1) is 7.75. The lowest BCUT2D eigenvalue weighted by atomic mass is 9.89. The first-order valence-electron chi connectivity index (χ1n) is 5.83. The van der Waals surface area contributed by atoms with E-state index in [9.17, 15) is 0 Å². The number of nitrogens with zero attached hydrogens (tertiary/aromatic N) is 1. The van der Waals surface area contributed by atoms with Crippen molar-refractivity contribution >= 4 is 22.5 Å². The number of rotatable bonds is 0. The Bertz CT molecular complexity index is 560. The van der Waals surface area contributed by atoms with Gasteiger partial charge in [-0.2, -0.15) is 0 Å². The summed E-state index contributed by atoms with van der Waals surface area (Å²) in [5.74, 6) is 0. The Labute approximate surface area is 100 Å². The normalized spacial score (nSPS) is 15.1. The number of fused-ring (bicyclic) bond motifs is 3. The van der Waals surface area contributed by atoms with Crippen LogP contribution in [-0.2, 0) is 12.8 Å². The van der Waals surface area contributed by atoms with Crippen molar-refractivity contribution in [3.63, 3.8) is 0 Å². The van der Waals surface area contributed by atoms with E-state index in [0.29, 0.717) is 5.15 Å². The van der Waals surface area contributed by atoms with Crippen LogP contribution in [-0.4, -0.2) is 4.98 Å². The summed E-state index contributed by atoms with van der Waals surface area (Å²) in [7, 11) is 0. The molecule has 2 heteroatoms. The van der Waals surface area contributed by atoms with Crippen LogP contribution in [0.2, 0.25) is 5.15 Å². The highest BCUT2D eigenvalue weighted by Crippen LogP contribution is 2.29. The van der Waals surface area contributed by atoms with Gasteiger partial charge in [0.2, 0.25) is 0 Å². The zero-order valence-corrected chi connectivity index (χ0v) is 10.1. The molecule has 1 nitrogen and oxygen atoms in total. The Balaban J connectivity index is 2.34. The predicted molar refractivity (Wildman–Crippen MR) is 68.1 cm³/mol. The van der Waals surface area contributed by atoms with Crippen molar-refractivity contribution in [2.24, 2.45) is 0 Å². The minimum Gasteiger partial charge on any atom is -0.236 e. The summed E-state index contributed by atoms with van der Waals surface area (Å²) in [6.07, 6.45) is 4.93. The van der Waals surface area contributed by atoms with Crippen LogP contribution in [0.25, 0.3) is 10.9 Å². The van der Waals surface area contributed by atoms with Gasteiger partial charge in [0, 0.05) is 5.39 Å². The standard InChI is InChI=1S/C14H14ClN/c1-9-8-11-7-6-10-4-2-3-5-12(10)13(11)16-14(9)15/h6-8H,2-5H2,1H3. The van der Waals surface area contributed by atoms with E-state index in [1.54, 1.807) is 0 Å². The second-order valence-corrected chi connectivity index (χ2v) is 4.94. The molecular weight excluding hydrogens is 218 g/mol. The van der Waals surface area contributed by atoms with Crippen LogP contribution in [0.5, 0.6) is 0 Å². The van der Waals surface area contributed by atoms with Crippen LogP contribution in [0.15, 0.2) is 18.2 Å². The third kappa shape index (κ3) is 1.51. The summed E-state index contributed by atoms with van der Waals surface area (Å²) in [6.45, 7) is 2.01. The van der Waals surface area contributed by atoms with Crippen molar-refractivity contribution in [1.82, 2.24) is 4.98 Å². The molecule has 0 N–H and O–H groups in total. The number of hydrogen-bond acceptors (Lipinski definition) is 1. The Hall–Kier alpha value is -1.08. The number of hydrogen-bond donors (Lipinski definition) is 0. The quantitative estimate of drug-likeness (QED) is 0.623. The van der Waals surface area contributed by atoms with Crippen molar-refractivity contribution in [2.45, 2.75) is 32.6 Å². The van der Waals surface area contributed by atoms with Gasteiger partial charge in [-0.05, 0) is 55.4 Å². The molecule has 82 valence electrons. The molecule has 1 aromatic carbocycles. The lowest BCUT2D eigenvalue weighted by molar-refractivity contribution is 0.689. The highest BCUT2D eigenvalue weighted by Gasteiger charge is 2.14. The summed E-state index contributed by atoms with van der Waals surface area (Å²) >= 11 is 6.12. The van der Waals surface area contributed by atoms with E-state index in [4.69, 9.17) is 11.6 Å². The fourth-order valence-corrected chi connectivity index (χ4v) is 2.69. The zero-order chi connectivity index (χ0) is 11.1. The van der Waals surface area contributed by atoms with Gasteiger partial charge in [-0.1, -0.05) is 23.7 Å². The molecule has 1 aliphatic rings. The lowest BCUT2D eigenvalue weighted by Crippen LogP contribution is -2.04. The van der Waals surface area contributed by atoms with Gasteiger partial charge in [0.15, 0.2) is 0 Å². The maximum atomic E-state index is 6.12. The topological polar surface area (TPSA) is 12.9 Å². The van der Waals surface area contributed by atoms with E-state index in [1.807, 2.05) is 6.92 Å². The van der Waals surface area contributed by atoms with E-state index in [0.717, 1.165) is 17.5 Å². The zero-order valence-electron chi connectivity index (χ0n) is 9.39. The Kier molecular flexibility index (Phi) is 2.36. The summed E-state index contributed by atoms with van der Waals surface area (Å²) < 4.78 is 0. The lowest BCUT2D eigenvalue weighted by Gasteiger charge is -2.17. The monoisotopic (exact) mass is 231 g/mol. The number of halogens is 1. The molecule has 0 spiro atoms. The Morgan fingerprint density at radius 2 is 2.00 bits per heavy atom. The minimum absolute atomic E-state index is 0.645. The van der Waals surface area contributed by atoms with Crippen LogP contribution in [0.4, 0.5) is 0 Å². The van der Waals surface area contributed by atoms with Crippen LogP contribution in [0.3, 0.4) is 0 Å². The molecule has 0 unspecified atom stereocenters. The SMILES string of the molecule is Cc1cc2ccc3c(c2nc1Cl)CCCC3. The third-order valence-electron chi connectivity index (χ3n) is 3.44. The smallest absolute Gasteiger partial charge is 0.132 e. The van der Waals surface area contributed by atoms with Crippen LogP contribution >= 0.6 is 11.6 Å². The Morgan fingerprint density at radius 1 is 1.19 bits per heavy atom. The van der Waals surface area contributed by atoms with E-state index in [-0.39, 0.29) is 0 Å². The van der Waals surface area contributed by atoms with Gasteiger partial charge < -0.3 is 0 Å². The summed E-state index contributed by atoms with van der Waals surface area (Å²) in [5, 5.41) is 1.87. The van der Waals surface area contributed by atoms with Crippen LogP contribution < -0.4 is 0 Å². The summed E-state index contributed by atoms with van der Waals surface area (Å²) in [6, 6.07) is 6.57. The molecule has 0 atom stereocenters. The predicted octanol–water partition coefficient (Wildman–Crippen LogP) is 4.08. The average molecular weight is 232 g/mol. The highest BCUT2D eigenvalue weighted by atomic mass is 35.5. The fraction of sp³-hybridized carbons (Fsp3) is 0.357. The van der Waals surface area contributed by atoms with Crippen LogP contribution in [0.1, 0.15) is 29.5 Å². The average Bonchev–Trinajstić information content (AvgIpc) is 2.31. The van der Waals surface area contributed by atoms with Gasteiger partial charge in [-0.3, -0.25) is 0 Å². The second-order valence-electron chi connectivity index (χ2n) is 4.58. The van der Waals surface area contributed by atoms with Crippen molar-refractivity contribution in [3.05, 3.63) is 40.0 Å². The third-order valence-corrected chi connectivity index (χ3v) is 3.82. The van der Waals surface area contributed by atoms with Gasteiger partial charge in [0.1, 0.15) is 5.15 Å². The van der Waals surface area contributed by atoms with E-state index in [2.05, 4.69) is 23.2 Å². The van der Waals surface area contributed by atoms with E-state index >= 15 is 0 Å². The first-order valence-corrected chi connectivity index (χ1v) is 6.21. The summed E-state index contributed by atoms with van der Waals surface area (Å²) in [4.78, 5) is 4.55. The molecule has 0 radical (unpaired) electrons. The fourth-order valence-electron chi connectivity index (χ4n) is 2.55. The van der Waals surface area contributed by atoms with Gasteiger partial charge >= 0.3 is 0 Å². The van der Waals surface area contributed by atoms with Gasteiger partial charge in [-0.15, -0.1) is 0 Å². The Morgan fingerprint density at radius 3 is 2.88 bits per heavy atom. The van der Waals surface area contributed by atoms with E-state index in [1.165, 1.54) is 35.8 Å². The molecule has 3 rings (SSSR count). The van der Waals surface area contributed by atoms with Crippen molar-refractivity contribution in [1.29, 1.82) is 0 Å². The molecule has 0 saturated carbocycles. The van der Waals surface area contributed by atoms with Crippen molar-refractivity contribution in [3.8, 4) is 0 Å². The molecule has 0 bridgehead atoms. The van der Waals surface area contributed by atoms with Gasteiger partial charge in [0.25, 0.3) is 0 Å².